The van der Waals surface area contributed by atoms with Crippen LogP contribution in [-0.4, -0.2) is 30.4 Å². The Kier molecular flexibility index (Phi) is 9.25. The van der Waals surface area contributed by atoms with Crippen molar-refractivity contribution in [1.29, 1.82) is 0 Å². The highest BCUT2D eigenvalue weighted by molar-refractivity contribution is 6.33. The minimum absolute atomic E-state index is 0.121. The fourth-order valence-corrected chi connectivity index (χ4v) is 4.20. The van der Waals surface area contributed by atoms with Gasteiger partial charge in [-0.2, -0.15) is 0 Å². The maximum absolute atomic E-state index is 13.6. The van der Waals surface area contributed by atoms with Crippen molar-refractivity contribution >= 4 is 28.9 Å². The molecule has 0 aliphatic heterocycles. The van der Waals surface area contributed by atoms with Gasteiger partial charge in [-0.15, -0.1) is 0 Å². The Labute approximate surface area is 202 Å². The van der Waals surface area contributed by atoms with Crippen LogP contribution < -0.4 is 10.2 Å². The second-order valence-electron chi connectivity index (χ2n) is 8.08. The SMILES string of the molecule is CCCN(CCC)c1ccc(NCC)c(CN(Cc2ccco2)C(=O)c2ccccc2Cl)c1. The van der Waals surface area contributed by atoms with E-state index in [0.717, 1.165) is 49.5 Å². The van der Waals surface area contributed by atoms with Gasteiger partial charge in [0.15, 0.2) is 0 Å². The smallest absolute Gasteiger partial charge is 0.256 e. The molecule has 0 unspecified atom stereocenters. The van der Waals surface area contributed by atoms with Crippen molar-refractivity contribution in [2.45, 2.75) is 46.7 Å². The van der Waals surface area contributed by atoms with Crippen LogP contribution in [0.2, 0.25) is 5.02 Å². The summed E-state index contributed by atoms with van der Waals surface area (Å²) in [6.07, 6.45) is 3.80. The van der Waals surface area contributed by atoms with Crippen molar-refractivity contribution in [2.75, 3.05) is 29.9 Å². The highest BCUT2D eigenvalue weighted by Crippen LogP contribution is 2.27. The molecule has 33 heavy (non-hydrogen) atoms. The number of benzene rings is 2. The summed E-state index contributed by atoms with van der Waals surface area (Å²) >= 11 is 6.38. The van der Waals surface area contributed by atoms with Crippen LogP contribution in [0.4, 0.5) is 11.4 Å². The van der Waals surface area contributed by atoms with Crippen LogP contribution in [0.15, 0.2) is 65.3 Å². The molecule has 5 nitrogen and oxygen atoms in total. The summed E-state index contributed by atoms with van der Waals surface area (Å²) in [5, 5.41) is 3.90. The van der Waals surface area contributed by atoms with Gasteiger partial charge in [-0.25, -0.2) is 0 Å². The van der Waals surface area contributed by atoms with E-state index in [1.807, 2.05) is 24.3 Å². The zero-order valence-electron chi connectivity index (χ0n) is 19.8. The van der Waals surface area contributed by atoms with Gasteiger partial charge < -0.3 is 19.5 Å². The first-order chi connectivity index (χ1) is 16.1. The maximum Gasteiger partial charge on any atom is 0.256 e. The van der Waals surface area contributed by atoms with Gasteiger partial charge in [-0.3, -0.25) is 4.79 Å². The van der Waals surface area contributed by atoms with E-state index in [9.17, 15) is 4.79 Å². The topological polar surface area (TPSA) is 48.7 Å². The molecule has 0 radical (unpaired) electrons. The van der Waals surface area contributed by atoms with Crippen LogP contribution in [0.5, 0.6) is 0 Å². The first-order valence-corrected chi connectivity index (χ1v) is 12.1. The third kappa shape index (κ3) is 6.55. The number of anilines is 2. The van der Waals surface area contributed by atoms with Crippen LogP contribution in [0.3, 0.4) is 0 Å². The van der Waals surface area contributed by atoms with Gasteiger partial charge in [0.05, 0.1) is 23.4 Å². The van der Waals surface area contributed by atoms with E-state index in [0.29, 0.717) is 23.7 Å². The summed E-state index contributed by atoms with van der Waals surface area (Å²) in [4.78, 5) is 17.8. The molecule has 2 aromatic carbocycles. The largest absolute Gasteiger partial charge is 0.467 e. The number of carbonyl (C=O) groups excluding carboxylic acids is 1. The summed E-state index contributed by atoms with van der Waals surface area (Å²) in [6.45, 7) is 10.1. The quantitative estimate of drug-likeness (QED) is 0.317. The second kappa shape index (κ2) is 12.4. The van der Waals surface area contributed by atoms with Crippen LogP contribution in [-0.2, 0) is 13.1 Å². The molecular formula is C27H34ClN3O2. The van der Waals surface area contributed by atoms with Gasteiger partial charge in [0.1, 0.15) is 5.76 Å². The number of rotatable bonds is 12. The molecule has 0 saturated heterocycles. The van der Waals surface area contributed by atoms with Crippen molar-refractivity contribution in [3.05, 3.63) is 82.8 Å². The lowest BCUT2D eigenvalue weighted by Crippen LogP contribution is -2.31. The van der Waals surface area contributed by atoms with Gasteiger partial charge in [-0.1, -0.05) is 37.6 Å². The van der Waals surface area contributed by atoms with Crippen LogP contribution >= 0.6 is 11.6 Å². The van der Waals surface area contributed by atoms with E-state index in [1.54, 1.807) is 23.3 Å². The summed E-state index contributed by atoms with van der Waals surface area (Å²) in [6, 6.07) is 17.4. The normalized spacial score (nSPS) is 10.8. The molecule has 0 atom stereocenters. The van der Waals surface area contributed by atoms with E-state index in [1.165, 1.54) is 5.69 Å². The van der Waals surface area contributed by atoms with Gasteiger partial charge in [0.2, 0.25) is 0 Å². The minimum atomic E-state index is -0.121. The molecule has 3 rings (SSSR count). The van der Waals surface area contributed by atoms with E-state index < -0.39 is 0 Å². The average molecular weight is 468 g/mol. The molecule has 0 aliphatic rings. The lowest BCUT2D eigenvalue weighted by atomic mass is 10.1. The zero-order valence-corrected chi connectivity index (χ0v) is 20.6. The molecule has 3 aromatic rings. The van der Waals surface area contributed by atoms with Crippen molar-refractivity contribution in [1.82, 2.24) is 4.90 Å². The Balaban J connectivity index is 1.98. The summed E-state index contributed by atoms with van der Waals surface area (Å²) < 4.78 is 5.57. The van der Waals surface area contributed by atoms with Crippen LogP contribution in [0.25, 0.3) is 0 Å². The van der Waals surface area contributed by atoms with Crippen LogP contribution in [0, 0.1) is 0 Å². The fraction of sp³-hybridized carbons (Fsp3) is 0.370. The Bertz CT molecular complexity index is 1010. The fourth-order valence-electron chi connectivity index (χ4n) is 3.98. The van der Waals surface area contributed by atoms with Gasteiger partial charge in [0.25, 0.3) is 5.91 Å². The number of nitrogens with zero attached hydrogens (tertiary/aromatic N) is 2. The highest BCUT2D eigenvalue weighted by atomic mass is 35.5. The third-order valence-corrected chi connectivity index (χ3v) is 5.82. The summed E-state index contributed by atoms with van der Waals surface area (Å²) in [5.74, 6) is 0.610. The van der Waals surface area contributed by atoms with Crippen molar-refractivity contribution < 1.29 is 9.21 Å². The predicted molar refractivity (Wildman–Crippen MR) is 137 cm³/mol. The number of carbonyl (C=O) groups is 1. The Hall–Kier alpha value is -2.92. The molecule has 6 heteroatoms. The molecule has 0 spiro atoms. The predicted octanol–water partition coefficient (Wildman–Crippen LogP) is 6.83. The lowest BCUT2D eigenvalue weighted by molar-refractivity contribution is 0.0718. The maximum atomic E-state index is 13.6. The van der Waals surface area contributed by atoms with E-state index in [2.05, 4.69) is 49.2 Å². The zero-order chi connectivity index (χ0) is 23.6. The van der Waals surface area contributed by atoms with Gasteiger partial charge in [0, 0.05) is 37.6 Å². The van der Waals surface area contributed by atoms with Gasteiger partial charge in [-0.05, 0) is 67.8 Å². The standard InChI is InChI=1S/C27H34ClN3O2/c1-4-15-30(16-5-2)22-13-14-26(29-6-3)21(18-22)19-31(20-23-10-9-17-33-23)27(32)24-11-7-8-12-25(24)28/h7-14,17-18,29H,4-6,15-16,19-20H2,1-3H3. The third-order valence-electron chi connectivity index (χ3n) is 5.49. The van der Waals surface area contributed by atoms with E-state index in [-0.39, 0.29) is 5.91 Å². The first-order valence-electron chi connectivity index (χ1n) is 11.7. The molecule has 1 amide bonds. The summed E-state index contributed by atoms with van der Waals surface area (Å²) in [7, 11) is 0. The molecule has 0 fully saturated rings. The van der Waals surface area contributed by atoms with Gasteiger partial charge >= 0.3 is 0 Å². The molecule has 0 saturated carbocycles. The molecule has 1 aromatic heterocycles. The Morgan fingerprint density at radius 2 is 1.73 bits per heavy atom. The molecular weight excluding hydrogens is 434 g/mol. The second-order valence-corrected chi connectivity index (χ2v) is 8.49. The molecule has 0 aliphatic carbocycles. The van der Waals surface area contributed by atoms with E-state index >= 15 is 0 Å². The number of halogens is 1. The monoisotopic (exact) mass is 467 g/mol. The Morgan fingerprint density at radius 3 is 2.36 bits per heavy atom. The summed E-state index contributed by atoms with van der Waals surface area (Å²) in [5.41, 5.74) is 3.77. The molecule has 0 bridgehead atoms. The molecule has 1 heterocycles. The Morgan fingerprint density at radius 1 is 0.970 bits per heavy atom. The number of hydrogen-bond donors (Lipinski definition) is 1. The van der Waals surface area contributed by atoms with E-state index in [4.69, 9.17) is 16.0 Å². The number of nitrogens with one attached hydrogen (secondary N) is 1. The number of furan rings is 1. The van der Waals surface area contributed by atoms with Crippen molar-refractivity contribution in [3.8, 4) is 0 Å². The van der Waals surface area contributed by atoms with Crippen molar-refractivity contribution in [2.24, 2.45) is 0 Å². The van der Waals surface area contributed by atoms with Crippen molar-refractivity contribution in [3.63, 3.8) is 0 Å². The first kappa shape index (κ1) is 24.7. The number of amides is 1. The molecule has 1 N–H and O–H groups in total. The van der Waals surface area contributed by atoms with Crippen LogP contribution in [0.1, 0.15) is 55.3 Å². The highest BCUT2D eigenvalue weighted by Gasteiger charge is 2.21. The minimum Gasteiger partial charge on any atom is -0.467 e. The average Bonchev–Trinajstić information content (AvgIpc) is 3.33. The number of hydrogen-bond acceptors (Lipinski definition) is 4. The molecule has 176 valence electrons. The lowest BCUT2D eigenvalue weighted by Gasteiger charge is -2.27.